The number of hydrogen-bond acceptors (Lipinski definition) is 3. The first-order valence-corrected chi connectivity index (χ1v) is 9.47. The minimum atomic E-state index is -0.362. The number of nitrogens with one attached hydrogen (secondary N) is 1. The summed E-state index contributed by atoms with van der Waals surface area (Å²) in [6.07, 6.45) is 4.19. The molecule has 2 aliphatic heterocycles. The van der Waals surface area contributed by atoms with Crippen LogP contribution >= 0.6 is 0 Å². The number of benzene rings is 2. The Balaban J connectivity index is 1.41. The average Bonchev–Trinajstić information content (AvgIpc) is 2.68. The summed E-state index contributed by atoms with van der Waals surface area (Å²) >= 11 is 0. The summed E-state index contributed by atoms with van der Waals surface area (Å²) in [5, 5.41) is 3.66. The Hall–Kier alpha value is -2.69. The number of piperidine rings is 1. The van der Waals surface area contributed by atoms with E-state index >= 15 is 0 Å². The molecular formula is C21H26N4O. The van der Waals surface area contributed by atoms with Gasteiger partial charge in [-0.1, -0.05) is 24.3 Å². The number of carbonyl (C=O) groups excluding carboxylic acids is 1. The molecule has 2 heterocycles. The van der Waals surface area contributed by atoms with Gasteiger partial charge in [0.25, 0.3) is 0 Å². The van der Waals surface area contributed by atoms with Gasteiger partial charge in [-0.2, -0.15) is 0 Å². The molecule has 26 heavy (non-hydrogen) atoms. The van der Waals surface area contributed by atoms with E-state index in [0.717, 1.165) is 50.1 Å². The highest BCUT2D eigenvalue weighted by Crippen LogP contribution is 2.31. The van der Waals surface area contributed by atoms with E-state index in [1.165, 1.54) is 11.3 Å². The van der Waals surface area contributed by atoms with Crippen LogP contribution in [0.3, 0.4) is 0 Å². The van der Waals surface area contributed by atoms with Gasteiger partial charge < -0.3 is 16.0 Å². The summed E-state index contributed by atoms with van der Waals surface area (Å²) in [4.78, 5) is 15.9. The second kappa shape index (κ2) is 7.28. The van der Waals surface area contributed by atoms with Crippen molar-refractivity contribution in [2.24, 2.45) is 5.73 Å². The number of nitrogens with zero attached hydrogens (tertiary/aromatic N) is 2. The smallest absolute Gasteiger partial charge is 0.319 e. The Morgan fingerprint density at radius 3 is 2.54 bits per heavy atom. The van der Waals surface area contributed by atoms with Crippen molar-refractivity contribution in [3.8, 4) is 0 Å². The minimum Gasteiger partial charge on any atom is -0.382 e. The molecule has 5 nitrogen and oxygen atoms in total. The molecule has 2 amide bonds. The first-order valence-electron chi connectivity index (χ1n) is 9.47. The van der Waals surface area contributed by atoms with E-state index in [1.807, 2.05) is 0 Å². The van der Waals surface area contributed by atoms with Crippen LogP contribution in [0.25, 0.3) is 0 Å². The zero-order valence-corrected chi connectivity index (χ0v) is 15.0. The number of anilines is 3. The second-order valence-electron chi connectivity index (χ2n) is 7.18. The van der Waals surface area contributed by atoms with Gasteiger partial charge in [-0.25, -0.2) is 4.79 Å². The first kappa shape index (κ1) is 16.8. The molecule has 3 N–H and O–H groups in total. The maximum Gasteiger partial charge on any atom is 0.319 e. The number of aryl methyl sites for hydroxylation is 1. The highest BCUT2D eigenvalue weighted by Gasteiger charge is 2.23. The number of urea groups is 1. The van der Waals surface area contributed by atoms with Crippen LogP contribution in [0.1, 0.15) is 24.8 Å². The molecule has 2 aromatic carbocycles. The number of primary amides is 1. The molecule has 0 unspecified atom stereocenters. The van der Waals surface area contributed by atoms with Crippen molar-refractivity contribution < 1.29 is 4.79 Å². The van der Waals surface area contributed by atoms with Crippen LogP contribution in [0.5, 0.6) is 0 Å². The van der Waals surface area contributed by atoms with Gasteiger partial charge in [0.2, 0.25) is 0 Å². The lowest BCUT2D eigenvalue weighted by Crippen LogP contribution is -2.40. The molecule has 1 saturated heterocycles. The zero-order valence-electron chi connectivity index (χ0n) is 15.0. The lowest BCUT2D eigenvalue weighted by atomic mass is 10.00. The van der Waals surface area contributed by atoms with Crippen LogP contribution in [0.4, 0.5) is 21.9 Å². The molecule has 0 radical (unpaired) electrons. The van der Waals surface area contributed by atoms with Gasteiger partial charge in [-0.3, -0.25) is 4.90 Å². The number of amides is 2. The number of carbonyl (C=O) groups is 1. The summed E-state index contributed by atoms with van der Waals surface area (Å²) in [7, 11) is 0. The van der Waals surface area contributed by atoms with Gasteiger partial charge in [0, 0.05) is 37.1 Å². The Morgan fingerprint density at radius 1 is 1.04 bits per heavy atom. The molecular weight excluding hydrogens is 324 g/mol. The summed E-state index contributed by atoms with van der Waals surface area (Å²) < 4.78 is 0. The number of fused-ring (bicyclic) bond motifs is 1. The molecule has 5 heteroatoms. The van der Waals surface area contributed by atoms with Crippen molar-refractivity contribution in [1.29, 1.82) is 0 Å². The molecule has 0 atom stereocenters. The van der Waals surface area contributed by atoms with Crippen LogP contribution in [-0.2, 0) is 6.42 Å². The van der Waals surface area contributed by atoms with Crippen LogP contribution < -0.4 is 20.9 Å². The van der Waals surface area contributed by atoms with Crippen LogP contribution in [0.2, 0.25) is 0 Å². The Bertz CT molecular complexity index is 769. The lowest BCUT2D eigenvalue weighted by Gasteiger charge is -2.35. The number of rotatable bonds is 3. The molecule has 0 spiro atoms. The third-order valence-electron chi connectivity index (χ3n) is 5.46. The average molecular weight is 350 g/mol. The molecule has 4 rings (SSSR count). The van der Waals surface area contributed by atoms with E-state index in [1.54, 1.807) is 4.90 Å². The fourth-order valence-electron chi connectivity index (χ4n) is 4.05. The van der Waals surface area contributed by atoms with Crippen LogP contribution in [0, 0.1) is 0 Å². The molecule has 0 bridgehead atoms. The van der Waals surface area contributed by atoms with Crippen molar-refractivity contribution in [2.45, 2.75) is 31.7 Å². The maximum absolute atomic E-state index is 11.7. The SMILES string of the molecule is NC(=O)N1CCCc2ccc(NC3CCN(c4ccccc4)CC3)cc21. The monoisotopic (exact) mass is 350 g/mol. The maximum atomic E-state index is 11.7. The molecule has 0 aromatic heterocycles. The fraction of sp³-hybridized carbons (Fsp3) is 0.381. The van der Waals surface area contributed by atoms with Gasteiger partial charge in [-0.05, 0) is 55.5 Å². The van der Waals surface area contributed by atoms with Gasteiger partial charge in [0.05, 0.1) is 5.69 Å². The predicted octanol–water partition coefficient (Wildman–Crippen LogP) is 3.60. The molecule has 0 saturated carbocycles. The number of nitrogens with two attached hydrogens (primary N) is 1. The van der Waals surface area contributed by atoms with E-state index in [2.05, 4.69) is 58.7 Å². The lowest BCUT2D eigenvalue weighted by molar-refractivity contribution is 0.253. The quantitative estimate of drug-likeness (QED) is 0.889. The molecule has 2 aromatic rings. The fourth-order valence-corrected chi connectivity index (χ4v) is 4.05. The summed E-state index contributed by atoms with van der Waals surface area (Å²) in [6, 6.07) is 17.0. The van der Waals surface area contributed by atoms with Crippen molar-refractivity contribution in [1.82, 2.24) is 0 Å². The Morgan fingerprint density at radius 2 is 1.81 bits per heavy atom. The van der Waals surface area contributed by atoms with E-state index in [-0.39, 0.29) is 6.03 Å². The van der Waals surface area contributed by atoms with Crippen molar-refractivity contribution in [3.05, 3.63) is 54.1 Å². The van der Waals surface area contributed by atoms with Crippen molar-refractivity contribution in [3.63, 3.8) is 0 Å². The molecule has 136 valence electrons. The Labute approximate surface area is 154 Å². The molecule has 0 aliphatic carbocycles. The van der Waals surface area contributed by atoms with E-state index in [0.29, 0.717) is 12.6 Å². The summed E-state index contributed by atoms with van der Waals surface area (Å²) in [5.41, 5.74) is 10.1. The third-order valence-corrected chi connectivity index (χ3v) is 5.46. The van der Waals surface area contributed by atoms with E-state index < -0.39 is 0 Å². The van der Waals surface area contributed by atoms with Crippen LogP contribution in [0.15, 0.2) is 48.5 Å². The normalized spacial score (nSPS) is 17.7. The van der Waals surface area contributed by atoms with Gasteiger partial charge >= 0.3 is 6.03 Å². The molecule has 1 fully saturated rings. The zero-order chi connectivity index (χ0) is 17.9. The highest BCUT2D eigenvalue weighted by molar-refractivity contribution is 5.92. The second-order valence-corrected chi connectivity index (χ2v) is 7.18. The van der Waals surface area contributed by atoms with Gasteiger partial charge in [0.15, 0.2) is 0 Å². The standard InChI is InChI=1S/C21H26N4O/c22-21(26)25-12-4-5-16-8-9-18(15-20(16)25)23-17-10-13-24(14-11-17)19-6-2-1-3-7-19/h1-3,6-9,15,17,23H,4-5,10-14H2,(H2,22,26). The number of para-hydroxylation sites is 1. The first-order chi connectivity index (χ1) is 12.7. The summed E-state index contributed by atoms with van der Waals surface area (Å²) in [5.74, 6) is 0. The number of hydrogen-bond donors (Lipinski definition) is 2. The Kier molecular flexibility index (Phi) is 4.69. The van der Waals surface area contributed by atoms with Crippen LogP contribution in [-0.4, -0.2) is 31.7 Å². The third kappa shape index (κ3) is 3.47. The molecule has 2 aliphatic rings. The van der Waals surface area contributed by atoms with E-state index in [9.17, 15) is 4.79 Å². The topological polar surface area (TPSA) is 61.6 Å². The minimum absolute atomic E-state index is 0.362. The summed E-state index contributed by atoms with van der Waals surface area (Å²) in [6.45, 7) is 2.82. The largest absolute Gasteiger partial charge is 0.382 e. The van der Waals surface area contributed by atoms with Crippen molar-refractivity contribution in [2.75, 3.05) is 34.8 Å². The van der Waals surface area contributed by atoms with Crippen molar-refractivity contribution >= 4 is 23.1 Å². The predicted molar refractivity (Wildman–Crippen MR) is 107 cm³/mol. The van der Waals surface area contributed by atoms with Gasteiger partial charge in [0.1, 0.15) is 0 Å². The van der Waals surface area contributed by atoms with E-state index in [4.69, 9.17) is 5.73 Å². The highest BCUT2D eigenvalue weighted by atomic mass is 16.2. The van der Waals surface area contributed by atoms with Gasteiger partial charge in [-0.15, -0.1) is 0 Å².